The summed E-state index contributed by atoms with van der Waals surface area (Å²) < 4.78 is 0. The van der Waals surface area contributed by atoms with Crippen LogP contribution in [0.25, 0.3) is 0 Å². The highest BCUT2D eigenvalue weighted by molar-refractivity contribution is 6.04. The third-order valence-corrected chi connectivity index (χ3v) is 6.33. The van der Waals surface area contributed by atoms with E-state index in [2.05, 4.69) is 4.98 Å². The van der Waals surface area contributed by atoms with Crippen molar-refractivity contribution in [2.45, 2.75) is 57.3 Å². The summed E-state index contributed by atoms with van der Waals surface area (Å²) in [4.78, 5) is 40.4. The third-order valence-electron chi connectivity index (χ3n) is 6.33. The molecular formula is C25H28N2O5. The number of aliphatic carboxylic acids is 1. The highest BCUT2D eigenvalue weighted by atomic mass is 16.4. The second-order valence-corrected chi connectivity index (χ2v) is 8.83. The first kappa shape index (κ1) is 22.0. The fourth-order valence-electron chi connectivity index (χ4n) is 4.39. The lowest BCUT2D eigenvalue weighted by atomic mass is 9.97. The molecule has 1 amide bonds. The lowest BCUT2D eigenvalue weighted by molar-refractivity contribution is -0.137. The van der Waals surface area contributed by atoms with Crippen molar-refractivity contribution in [3.63, 3.8) is 0 Å². The van der Waals surface area contributed by atoms with Crippen molar-refractivity contribution in [2.24, 2.45) is 5.92 Å². The van der Waals surface area contributed by atoms with Crippen molar-refractivity contribution in [1.82, 2.24) is 4.98 Å². The van der Waals surface area contributed by atoms with Crippen molar-refractivity contribution in [3.05, 3.63) is 53.3 Å². The zero-order chi connectivity index (χ0) is 22.7. The molecule has 0 spiro atoms. The molecule has 2 heterocycles. The van der Waals surface area contributed by atoms with E-state index < -0.39 is 5.97 Å². The molecule has 168 valence electrons. The van der Waals surface area contributed by atoms with Crippen LogP contribution in [0.15, 0.2) is 36.5 Å². The van der Waals surface area contributed by atoms with Crippen molar-refractivity contribution in [1.29, 1.82) is 0 Å². The van der Waals surface area contributed by atoms with Gasteiger partial charge in [-0.15, -0.1) is 0 Å². The van der Waals surface area contributed by atoms with Crippen LogP contribution < -0.4 is 4.90 Å². The van der Waals surface area contributed by atoms with Crippen LogP contribution in [-0.2, 0) is 16.0 Å². The lowest BCUT2D eigenvalue weighted by Crippen LogP contribution is -2.23. The summed E-state index contributed by atoms with van der Waals surface area (Å²) in [6, 6.07) is 8.96. The van der Waals surface area contributed by atoms with Gasteiger partial charge < -0.3 is 15.1 Å². The van der Waals surface area contributed by atoms with Gasteiger partial charge in [0.2, 0.25) is 5.91 Å². The molecule has 7 nitrogen and oxygen atoms in total. The van der Waals surface area contributed by atoms with Crippen LogP contribution in [0.3, 0.4) is 0 Å². The number of pyridine rings is 1. The summed E-state index contributed by atoms with van der Waals surface area (Å²) in [5.41, 5.74) is 3.22. The SMILES string of the molecule is O=C(O)C[C@@H]1CC(=O)c2cc(N3CCCC3=O)ccc21.Oc1ccc(CCC2CC2)nc1. The van der Waals surface area contributed by atoms with E-state index in [-0.39, 0.29) is 36.2 Å². The number of hydrogen-bond donors (Lipinski definition) is 2. The highest BCUT2D eigenvalue weighted by Crippen LogP contribution is 2.38. The number of carbonyl (C=O) groups is 3. The van der Waals surface area contributed by atoms with Gasteiger partial charge in [-0.1, -0.05) is 18.9 Å². The maximum atomic E-state index is 12.0. The number of aryl methyl sites for hydroxylation is 1. The molecular weight excluding hydrogens is 408 g/mol. The van der Waals surface area contributed by atoms with E-state index in [1.54, 1.807) is 23.1 Å². The quantitative estimate of drug-likeness (QED) is 0.706. The van der Waals surface area contributed by atoms with Crippen LogP contribution in [0.4, 0.5) is 5.69 Å². The minimum absolute atomic E-state index is 0.0271. The highest BCUT2D eigenvalue weighted by Gasteiger charge is 2.32. The van der Waals surface area contributed by atoms with E-state index in [1.165, 1.54) is 25.5 Å². The molecule has 2 fully saturated rings. The van der Waals surface area contributed by atoms with Gasteiger partial charge in [-0.25, -0.2) is 0 Å². The van der Waals surface area contributed by atoms with Gasteiger partial charge in [0.25, 0.3) is 0 Å². The Morgan fingerprint density at radius 1 is 1.16 bits per heavy atom. The predicted molar refractivity (Wildman–Crippen MR) is 119 cm³/mol. The monoisotopic (exact) mass is 436 g/mol. The van der Waals surface area contributed by atoms with Gasteiger partial charge in [-0.05, 0) is 55.0 Å². The van der Waals surface area contributed by atoms with Crippen molar-refractivity contribution in [3.8, 4) is 5.75 Å². The number of nitrogens with zero attached hydrogens (tertiary/aromatic N) is 2. The molecule has 0 bridgehead atoms. The van der Waals surface area contributed by atoms with Crippen LogP contribution >= 0.6 is 0 Å². The van der Waals surface area contributed by atoms with Gasteiger partial charge in [0.1, 0.15) is 5.75 Å². The van der Waals surface area contributed by atoms with Gasteiger partial charge in [0.05, 0.1) is 12.6 Å². The van der Waals surface area contributed by atoms with Crippen molar-refractivity contribution < 1.29 is 24.6 Å². The molecule has 2 aromatic rings. The molecule has 1 aromatic heterocycles. The summed E-state index contributed by atoms with van der Waals surface area (Å²) in [6.07, 6.45) is 8.25. The summed E-state index contributed by atoms with van der Waals surface area (Å²) in [5, 5.41) is 17.9. The Morgan fingerprint density at radius 3 is 2.59 bits per heavy atom. The molecule has 0 unspecified atom stereocenters. The number of carbonyl (C=O) groups excluding carboxylic acids is 2. The topological polar surface area (TPSA) is 108 Å². The number of anilines is 1. The molecule has 1 aromatic carbocycles. The molecule has 32 heavy (non-hydrogen) atoms. The average Bonchev–Trinajstić information content (AvgIpc) is 3.43. The molecule has 1 saturated carbocycles. The van der Waals surface area contributed by atoms with Crippen LogP contribution in [0, 0.1) is 5.92 Å². The van der Waals surface area contributed by atoms with Gasteiger partial charge >= 0.3 is 5.97 Å². The Bertz CT molecular complexity index is 1010. The van der Waals surface area contributed by atoms with Gasteiger partial charge in [-0.2, -0.15) is 0 Å². The second kappa shape index (κ2) is 9.51. The Hall–Kier alpha value is -3.22. The number of fused-ring (bicyclic) bond motifs is 1. The van der Waals surface area contributed by atoms with Crippen LogP contribution in [-0.4, -0.2) is 39.4 Å². The number of carboxylic acid groups (broad SMARTS) is 1. The molecule has 7 heteroatoms. The fourth-order valence-corrected chi connectivity index (χ4v) is 4.39. The molecule has 5 rings (SSSR count). The standard InChI is InChI=1S/C15H15NO4.C10H13NO/c17-13-6-9(7-15(19)20)11-4-3-10(8-12(11)13)16-5-1-2-14(16)18;12-10-6-5-9(11-7-10)4-3-8-1-2-8/h3-4,8-9H,1-2,5-7H2,(H,19,20);5-8,12H,1-4H2/t9-;/m0./s1. The van der Waals surface area contributed by atoms with Crippen LogP contribution in [0.2, 0.25) is 0 Å². The Labute approximate surface area is 187 Å². The molecule has 1 saturated heterocycles. The molecule has 1 atom stereocenters. The van der Waals surface area contributed by atoms with Crippen LogP contribution in [0.1, 0.15) is 72.5 Å². The van der Waals surface area contributed by atoms with Gasteiger partial charge in [-0.3, -0.25) is 19.4 Å². The van der Waals surface area contributed by atoms with Gasteiger partial charge in [0, 0.05) is 42.2 Å². The molecule has 1 aliphatic heterocycles. The number of ketones is 1. The first-order chi connectivity index (χ1) is 15.4. The van der Waals surface area contributed by atoms with Crippen molar-refractivity contribution >= 4 is 23.3 Å². The maximum Gasteiger partial charge on any atom is 0.303 e. The smallest absolute Gasteiger partial charge is 0.303 e. The zero-order valence-corrected chi connectivity index (χ0v) is 18.0. The summed E-state index contributed by atoms with van der Waals surface area (Å²) in [5.74, 6) is 0.135. The van der Waals surface area contributed by atoms with E-state index in [4.69, 9.17) is 10.2 Å². The molecule has 3 aliphatic rings. The minimum Gasteiger partial charge on any atom is -0.506 e. The third kappa shape index (κ3) is 5.33. The number of rotatable bonds is 6. The summed E-state index contributed by atoms with van der Waals surface area (Å²) in [6.45, 7) is 0.685. The summed E-state index contributed by atoms with van der Waals surface area (Å²) >= 11 is 0. The van der Waals surface area contributed by atoms with E-state index in [0.717, 1.165) is 35.7 Å². The lowest BCUT2D eigenvalue weighted by Gasteiger charge is -2.17. The number of aromatic hydroxyl groups is 1. The summed E-state index contributed by atoms with van der Waals surface area (Å²) in [7, 11) is 0. The number of Topliss-reactive ketones (excluding diaryl/α,β-unsaturated/α-hetero) is 1. The molecule has 0 radical (unpaired) electrons. The van der Waals surface area contributed by atoms with E-state index in [0.29, 0.717) is 18.5 Å². The van der Waals surface area contributed by atoms with E-state index in [9.17, 15) is 14.4 Å². The Morgan fingerprint density at radius 2 is 1.97 bits per heavy atom. The first-order valence-electron chi connectivity index (χ1n) is 11.2. The van der Waals surface area contributed by atoms with Crippen molar-refractivity contribution in [2.75, 3.05) is 11.4 Å². The molecule has 2 N–H and O–H groups in total. The fraction of sp³-hybridized carbons (Fsp3) is 0.440. The largest absolute Gasteiger partial charge is 0.506 e. The van der Waals surface area contributed by atoms with Gasteiger partial charge in [0.15, 0.2) is 5.78 Å². The second-order valence-electron chi connectivity index (χ2n) is 8.83. The number of amides is 1. The zero-order valence-electron chi connectivity index (χ0n) is 18.0. The number of hydrogen-bond acceptors (Lipinski definition) is 5. The maximum absolute atomic E-state index is 12.0. The number of carboxylic acids is 1. The minimum atomic E-state index is -0.894. The number of benzene rings is 1. The first-order valence-corrected chi connectivity index (χ1v) is 11.2. The number of aromatic nitrogens is 1. The Kier molecular flexibility index (Phi) is 6.53. The van der Waals surface area contributed by atoms with E-state index >= 15 is 0 Å². The Balaban J connectivity index is 0.000000174. The molecule has 2 aliphatic carbocycles. The predicted octanol–water partition coefficient (Wildman–Crippen LogP) is 4.09. The van der Waals surface area contributed by atoms with Crippen LogP contribution in [0.5, 0.6) is 5.75 Å². The van der Waals surface area contributed by atoms with E-state index in [1.807, 2.05) is 12.1 Å². The normalized spacial score (nSPS) is 19.5. The average molecular weight is 437 g/mol.